The van der Waals surface area contributed by atoms with Gasteiger partial charge in [0.1, 0.15) is 5.60 Å². The van der Waals surface area contributed by atoms with E-state index in [2.05, 4.69) is 5.32 Å². The lowest BCUT2D eigenvalue weighted by Gasteiger charge is -2.26. The minimum Gasteiger partial charge on any atom is -0.466 e. The molecule has 2 unspecified atom stereocenters. The molecular formula is C15H27NO5. The maximum Gasteiger partial charge on any atom is 0.407 e. The van der Waals surface area contributed by atoms with Crippen molar-refractivity contribution >= 4 is 12.1 Å². The van der Waals surface area contributed by atoms with Crippen LogP contribution in [-0.4, -0.2) is 43.5 Å². The molecule has 0 saturated carbocycles. The van der Waals surface area contributed by atoms with Gasteiger partial charge in [-0.3, -0.25) is 4.79 Å². The average Bonchev–Trinajstić information content (AvgIpc) is 2.86. The average molecular weight is 301 g/mol. The van der Waals surface area contributed by atoms with Crippen molar-refractivity contribution in [3.05, 3.63) is 0 Å². The summed E-state index contributed by atoms with van der Waals surface area (Å²) in [7, 11) is 0. The van der Waals surface area contributed by atoms with Gasteiger partial charge in [0, 0.05) is 25.0 Å². The van der Waals surface area contributed by atoms with Crippen LogP contribution in [0.15, 0.2) is 0 Å². The summed E-state index contributed by atoms with van der Waals surface area (Å²) >= 11 is 0. The molecule has 1 heterocycles. The summed E-state index contributed by atoms with van der Waals surface area (Å²) in [5.74, 6) is -0.0284. The number of carbonyl (C=O) groups excluding carboxylic acids is 2. The molecule has 0 aromatic carbocycles. The Bertz CT molecular complexity index is 344. The fraction of sp³-hybridized carbons (Fsp3) is 0.867. The molecule has 1 fully saturated rings. The highest BCUT2D eigenvalue weighted by Gasteiger charge is 2.29. The number of amides is 1. The van der Waals surface area contributed by atoms with Gasteiger partial charge >= 0.3 is 12.1 Å². The lowest BCUT2D eigenvalue weighted by Crippen LogP contribution is -2.43. The van der Waals surface area contributed by atoms with E-state index in [1.807, 2.05) is 20.8 Å². The number of nitrogens with one attached hydrogen (secondary N) is 1. The highest BCUT2D eigenvalue weighted by molar-refractivity contribution is 5.70. The van der Waals surface area contributed by atoms with Crippen LogP contribution in [0, 0.1) is 5.92 Å². The van der Waals surface area contributed by atoms with Gasteiger partial charge in [0.15, 0.2) is 0 Å². The predicted molar refractivity (Wildman–Crippen MR) is 78.0 cm³/mol. The molecular weight excluding hydrogens is 274 g/mol. The standard InChI is InChI=1S/C15H27NO5/c1-5-20-13(17)7-6-12(11-8-9-19-10-11)16-14(18)21-15(2,3)4/h11-12H,5-10H2,1-4H3,(H,16,18). The fourth-order valence-electron chi connectivity index (χ4n) is 2.26. The third-order valence-electron chi connectivity index (χ3n) is 3.20. The first kappa shape index (κ1) is 17.8. The zero-order valence-electron chi connectivity index (χ0n) is 13.4. The van der Waals surface area contributed by atoms with Gasteiger partial charge in [-0.1, -0.05) is 0 Å². The SMILES string of the molecule is CCOC(=O)CCC(NC(=O)OC(C)(C)C)C1CCOC1. The van der Waals surface area contributed by atoms with Crippen molar-refractivity contribution in [1.29, 1.82) is 0 Å². The number of esters is 1. The lowest BCUT2D eigenvalue weighted by atomic mass is 9.95. The molecule has 1 amide bonds. The Morgan fingerprint density at radius 2 is 2.10 bits per heavy atom. The summed E-state index contributed by atoms with van der Waals surface area (Å²) < 4.78 is 15.6. The van der Waals surface area contributed by atoms with Crippen LogP contribution >= 0.6 is 0 Å². The molecule has 1 rings (SSSR count). The molecule has 0 bridgehead atoms. The topological polar surface area (TPSA) is 73.9 Å². The Kier molecular flexibility index (Phi) is 6.95. The summed E-state index contributed by atoms with van der Waals surface area (Å²) in [6, 6.07) is -0.133. The van der Waals surface area contributed by atoms with Gasteiger partial charge in [-0.15, -0.1) is 0 Å². The van der Waals surface area contributed by atoms with E-state index in [9.17, 15) is 9.59 Å². The molecule has 1 N–H and O–H groups in total. The van der Waals surface area contributed by atoms with Crippen LogP contribution in [0.3, 0.4) is 0 Å². The highest BCUT2D eigenvalue weighted by Crippen LogP contribution is 2.21. The van der Waals surface area contributed by atoms with Crippen LogP contribution in [0.4, 0.5) is 4.79 Å². The van der Waals surface area contributed by atoms with Crippen molar-refractivity contribution < 1.29 is 23.8 Å². The second kappa shape index (κ2) is 8.22. The van der Waals surface area contributed by atoms with Crippen LogP contribution in [0.5, 0.6) is 0 Å². The second-order valence-corrected chi connectivity index (χ2v) is 6.22. The number of ether oxygens (including phenoxy) is 3. The molecule has 122 valence electrons. The molecule has 0 aliphatic carbocycles. The predicted octanol–water partition coefficient (Wildman–Crippen LogP) is 2.26. The largest absolute Gasteiger partial charge is 0.466 e. The zero-order valence-corrected chi connectivity index (χ0v) is 13.4. The normalized spacial score (nSPS) is 19.9. The first-order valence-corrected chi connectivity index (χ1v) is 7.54. The smallest absolute Gasteiger partial charge is 0.407 e. The molecule has 1 aliphatic heterocycles. The van der Waals surface area contributed by atoms with Gasteiger partial charge in [0.25, 0.3) is 0 Å². The maximum absolute atomic E-state index is 11.9. The maximum atomic E-state index is 11.9. The molecule has 6 nitrogen and oxygen atoms in total. The van der Waals surface area contributed by atoms with E-state index >= 15 is 0 Å². The minimum absolute atomic E-state index is 0.133. The molecule has 6 heteroatoms. The van der Waals surface area contributed by atoms with Crippen molar-refractivity contribution in [3.8, 4) is 0 Å². The summed E-state index contributed by atoms with van der Waals surface area (Å²) in [6.45, 7) is 8.89. The van der Waals surface area contributed by atoms with E-state index in [0.717, 1.165) is 6.42 Å². The van der Waals surface area contributed by atoms with Crippen LogP contribution in [-0.2, 0) is 19.0 Å². The molecule has 1 aliphatic rings. The molecule has 1 saturated heterocycles. The monoisotopic (exact) mass is 301 g/mol. The van der Waals surface area contributed by atoms with Crippen LogP contribution in [0.25, 0.3) is 0 Å². The van der Waals surface area contributed by atoms with E-state index < -0.39 is 11.7 Å². The first-order valence-electron chi connectivity index (χ1n) is 7.54. The zero-order chi connectivity index (χ0) is 15.9. The molecule has 0 spiro atoms. The van der Waals surface area contributed by atoms with Gasteiger partial charge < -0.3 is 19.5 Å². The van der Waals surface area contributed by atoms with E-state index in [-0.39, 0.29) is 24.3 Å². The summed E-state index contributed by atoms with van der Waals surface area (Å²) in [5.41, 5.74) is -0.540. The molecule has 2 atom stereocenters. The Labute approximate surface area is 126 Å². The van der Waals surface area contributed by atoms with E-state index in [4.69, 9.17) is 14.2 Å². The van der Waals surface area contributed by atoms with Gasteiger partial charge in [-0.05, 0) is 40.5 Å². The Hall–Kier alpha value is -1.30. The van der Waals surface area contributed by atoms with Crippen molar-refractivity contribution in [1.82, 2.24) is 5.32 Å². The number of carbonyl (C=O) groups is 2. The third-order valence-corrected chi connectivity index (χ3v) is 3.20. The molecule has 0 radical (unpaired) electrons. The van der Waals surface area contributed by atoms with Gasteiger partial charge in [-0.25, -0.2) is 4.79 Å². The summed E-state index contributed by atoms with van der Waals surface area (Å²) in [6.07, 6.45) is 1.24. The molecule has 21 heavy (non-hydrogen) atoms. The van der Waals surface area contributed by atoms with Gasteiger partial charge in [0.05, 0.1) is 13.2 Å². The Balaban J connectivity index is 2.52. The quantitative estimate of drug-likeness (QED) is 0.762. The van der Waals surface area contributed by atoms with Crippen molar-refractivity contribution in [2.24, 2.45) is 5.92 Å². The summed E-state index contributed by atoms with van der Waals surface area (Å²) in [4.78, 5) is 23.4. The second-order valence-electron chi connectivity index (χ2n) is 6.22. The number of hydrogen-bond acceptors (Lipinski definition) is 5. The van der Waals surface area contributed by atoms with E-state index in [1.165, 1.54) is 0 Å². The van der Waals surface area contributed by atoms with Crippen LogP contribution < -0.4 is 5.32 Å². The lowest BCUT2D eigenvalue weighted by molar-refractivity contribution is -0.143. The number of alkyl carbamates (subject to hydrolysis) is 1. The van der Waals surface area contributed by atoms with Crippen molar-refractivity contribution in [2.45, 2.75) is 58.6 Å². The Morgan fingerprint density at radius 3 is 2.62 bits per heavy atom. The molecule has 0 aromatic heterocycles. The van der Waals surface area contributed by atoms with Crippen molar-refractivity contribution in [3.63, 3.8) is 0 Å². The van der Waals surface area contributed by atoms with Crippen LogP contribution in [0.1, 0.15) is 47.0 Å². The minimum atomic E-state index is -0.540. The Morgan fingerprint density at radius 1 is 1.38 bits per heavy atom. The molecule has 0 aromatic rings. The van der Waals surface area contributed by atoms with Crippen molar-refractivity contribution in [2.75, 3.05) is 19.8 Å². The van der Waals surface area contributed by atoms with Crippen LogP contribution in [0.2, 0.25) is 0 Å². The van der Waals surface area contributed by atoms with E-state index in [1.54, 1.807) is 6.92 Å². The first-order chi connectivity index (χ1) is 9.81. The number of hydrogen-bond donors (Lipinski definition) is 1. The fourth-order valence-corrected chi connectivity index (χ4v) is 2.26. The summed E-state index contributed by atoms with van der Waals surface area (Å²) in [5, 5.41) is 2.86. The van der Waals surface area contributed by atoms with Gasteiger partial charge in [-0.2, -0.15) is 0 Å². The number of rotatable bonds is 6. The van der Waals surface area contributed by atoms with E-state index in [0.29, 0.717) is 26.2 Å². The van der Waals surface area contributed by atoms with Gasteiger partial charge in [0.2, 0.25) is 0 Å². The third kappa shape index (κ3) is 7.32. The highest BCUT2D eigenvalue weighted by atomic mass is 16.6.